The van der Waals surface area contributed by atoms with E-state index in [1.807, 2.05) is 6.92 Å². The summed E-state index contributed by atoms with van der Waals surface area (Å²) in [4.78, 5) is 22.0. The number of hydrogen-bond donors (Lipinski definition) is 3. The van der Waals surface area contributed by atoms with Gasteiger partial charge >= 0.3 is 5.97 Å². The Morgan fingerprint density at radius 3 is 2.53 bits per heavy atom. The fourth-order valence-corrected chi connectivity index (χ4v) is 1.24. The van der Waals surface area contributed by atoms with Gasteiger partial charge in [0.1, 0.15) is 6.04 Å². The average molecular weight is 216 g/mol. The van der Waals surface area contributed by atoms with Crippen LogP contribution in [0.4, 0.5) is 0 Å². The van der Waals surface area contributed by atoms with Gasteiger partial charge < -0.3 is 16.2 Å². The zero-order valence-corrected chi connectivity index (χ0v) is 9.16. The van der Waals surface area contributed by atoms with Crippen molar-refractivity contribution in [2.75, 3.05) is 6.54 Å². The van der Waals surface area contributed by atoms with E-state index in [-0.39, 0.29) is 5.91 Å². The molecule has 0 bridgehead atoms. The second-order valence-electron chi connectivity index (χ2n) is 3.49. The van der Waals surface area contributed by atoms with Gasteiger partial charge in [-0.1, -0.05) is 6.92 Å². The van der Waals surface area contributed by atoms with Crippen molar-refractivity contribution in [3.8, 4) is 0 Å². The molecule has 0 aromatic heterocycles. The summed E-state index contributed by atoms with van der Waals surface area (Å²) >= 11 is 0. The summed E-state index contributed by atoms with van der Waals surface area (Å²) in [5.74, 6) is -1.17. The molecule has 1 amide bonds. The summed E-state index contributed by atoms with van der Waals surface area (Å²) in [5.41, 5.74) is 5.31. The van der Waals surface area contributed by atoms with Crippen molar-refractivity contribution in [2.24, 2.45) is 5.73 Å². The molecule has 1 unspecified atom stereocenters. The van der Waals surface area contributed by atoms with Crippen molar-refractivity contribution in [2.45, 2.75) is 45.1 Å². The third-order valence-corrected chi connectivity index (χ3v) is 2.06. The van der Waals surface area contributed by atoms with Gasteiger partial charge in [-0.3, -0.25) is 4.79 Å². The van der Waals surface area contributed by atoms with Crippen LogP contribution >= 0.6 is 0 Å². The molecule has 15 heavy (non-hydrogen) atoms. The molecule has 1 atom stereocenters. The third kappa shape index (κ3) is 6.90. The van der Waals surface area contributed by atoms with Crippen molar-refractivity contribution in [1.82, 2.24) is 5.32 Å². The summed E-state index contributed by atoms with van der Waals surface area (Å²) in [5, 5.41) is 11.3. The summed E-state index contributed by atoms with van der Waals surface area (Å²) in [7, 11) is 0. The molecule has 0 rings (SSSR count). The lowest BCUT2D eigenvalue weighted by atomic mass is 10.1. The van der Waals surface area contributed by atoms with Crippen LogP contribution in [0.5, 0.6) is 0 Å². The van der Waals surface area contributed by atoms with Crippen LogP contribution in [0, 0.1) is 0 Å². The summed E-state index contributed by atoms with van der Waals surface area (Å²) < 4.78 is 0. The quantitative estimate of drug-likeness (QED) is 0.515. The minimum atomic E-state index is -0.975. The van der Waals surface area contributed by atoms with Crippen molar-refractivity contribution in [1.29, 1.82) is 0 Å². The van der Waals surface area contributed by atoms with E-state index in [1.165, 1.54) is 0 Å². The van der Waals surface area contributed by atoms with E-state index in [2.05, 4.69) is 5.32 Å². The first-order valence-corrected chi connectivity index (χ1v) is 5.34. The maximum Gasteiger partial charge on any atom is 0.326 e. The number of rotatable bonds is 8. The molecule has 0 aromatic carbocycles. The highest BCUT2D eigenvalue weighted by Gasteiger charge is 2.18. The molecule has 0 aliphatic carbocycles. The number of nitrogens with one attached hydrogen (secondary N) is 1. The Balaban J connectivity index is 3.93. The lowest BCUT2D eigenvalue weighted by Crippen LogP contribution is -2.40. The first kappa shape index (κ1) is 13.9. The Kier molecular flexibility index (Phi) is 7.62. The van der Waals surface area contributed by atoms with E-state index < -0.39 is 12.0 Å². The van der Waals surface area contributed by atoms with Gasteiger partial charge in [-0.15, -0.1) is 0 Å². The van der Waals surface area contributed by atoms with Crippen molar-refractivity contribution >= 4 is 11.9 Å². The van der Waals surface area contributed by atoms with E-state index in [9.17, 15) is 9.59 Å². The molecule has 4 N–H and O–H groups in total. The highest BCUT2D eigenvalue weighted by atomic mass is 16.4. The molecule has 0 radical (unpaired) electrons. The number of carboxylic acid groups (broad SMARTS) is 1. The minimum Gasteiger partial charge on any atom is -0.480 e. The number of unbranched alkanes of at least 4 members (excludes halogenated alkanes) is 1. The minimum absolute atomic E-state index is 0.197. The molecule has 88 valence electrons. The first-order chi connectivity index (χ1) is 7.11. The Hall–Kier alpha value is -1.10. The first-order valence-electron chi connectivity index (χ1n) is 5.34. The maximum absolute atomic E-state index is 11.2. The Morgan fingerprint density at radius 2 is 2.07 bits per heavy atom. The van der Waals surface area contributed by atoms with Crippen LogP contribution in [0.15, 0.2) is 0 Å². The molecule has 0 saturated carbocycles. The Morgan fingerprint density at radius 1 is 1.40 bits per heavy atom. The molecule has 0 fully saturated rings. The van der Waals surface area contributed by atoms with Crippen LogP contribution in [0.1, 0.15) is 39.0 Å². The summed E-state index contributed by atoms with van der Waals surface area (Å²) in [6, 6.07) is -0.768. The number of hydrogen-bond acceptors (Lipinski definition) is 3. The van der Waals surface area contributed by atoms with Crippen LogP contribution in [-0.2, 0) is 9.59 Å². The van der Waals surface area contributed by atoms with Gasteiger partial charge in [0.2, 0.25) is 5.91 Å². The van der Waals surface area contributed by atoms with E-state index in [0.29, 0.717) is 19.4 Å². The maximum atomic E-state index is 11.2. The predicted molar refractivity (Wildman–Crippen MR) is 57.4 cm³/mol. The lowest BCUT2D eigenvalue weighted by molar-refractivity contribution is -0.142. The van der Waals surface area contributed by atoms with Gasteiger partial charge in [0.25, 0.3) is 0 Å². The molecule has 5 nitrogen and oxygen atoms in total. The lowest BCUT2D eigenvalue weighted by Gasteiger charge is -2.13. The molecule has 0 aliphatic rings. The van der Waals surface area contributed by atoms with Crippen LogP contribution in [0.2, 0.25) is 0 Å². The molecular weight excluding hydrogens is 196 g/mol. The average Bonchev–Trinajstić information content (AvgIpc) is 2.16. The van der Waals surface area contributed by atoms with E-state index in [1.54, 1.807) is 0 Å². The van der Waals surface area contributed by atoms with Crippen LogP contribution in [-0.4, -0.2) is 29.6 Å². The van der Waals surface area contributed by atoms with Gasteiger partial charge in [-0.2, -0.15) is 0 Å². The fourth-order valence-electron chi connectivity index (χ4n) is 1.24. The van der Waals surface area contributed by atoms with Gasteiger partial charge in [-0.05, 0) is 32.2 Å². The second-order valence-corrected chi connectivity index (χ2v) is 3.49. The molecule has 5 heteroatoms. The Labute approximate surface area is 90.0 Å². The number of aliphatic carboxylic acids is 1. The Bertz CT molecular complexity index is 207. The summed E-state index contributed by atoms with van der Waals surface area (Å²) in [6.45, 7) is 2.43. The van der Waals surface area contributed by atoms with Crippen molar-refractivity contribution in [3.05, 3.63) is 0 Å². The monoisotopic (exact) mass is 216 g/mol. The second kappa shape index (κ2) is 8.23. The van der Waals surface area contributed by atoms with Gasteiger partial charge in [-0.25, -0.2) is 4.79 Å². The molecule has 0 saturated heterocycles. The summed E-state index contributed by atoms with van der Waals surface area (Å²) in [6.07, 6.45) is 3.05. The normalized spacial score (nSPS) is 12.1. The van der Waals surface area contributed by atoms with Crippen molar-refractivity contribution < 1.29 is 14.7 Å². The third-order valence-electron chi connectivity index (χ3n) is 2.06. The number of carbonyl (C=O) groups excluding carboxylic acids is 1. The molecule has 0 spiro atoms. The SMILES string of the molecule is CCCC(=O)NC(CCCCN)C(=O)O. The predicted octanol–water partition coefficient (Wildman–Crippen LogP) is 0.485. The number of carboxylic acids is 1. The molecule has 0 aliphatic heterocycles. The smallest absolute Gasteiger partial charge is 0.326 e. The molecule has 0 heterocycles. The zero-order chi connectivity index (χ0) is 11.7. The number of nitrogens with two attached hydrogens (primary N) is 1. The number of carbonyl (C=O) groups is 2. The largest absolute Gasteiger partial charge is 0.480 e. The van der Waals surface area contributed by atoms with Crippen LogP contribution in [0.3, 0.4) is 0 Å². The van der Waals surface area contributed by atoms with Gasteiger partial charge in [0.15, 0.2) is 0 Å². The highest BCUT2D eigenvalue weighted by molar-refractivity contribution is 5.83. The van der Waals surface area contributed by atoms with Crippen LogP contribution in [0.25, 0.3) is 0 Å². The van der Waals surface area contributed by atoms with E-state index in [4.69, 9.17) is 10.8 Å². The zero-order valence-electron chi connectivity index (χ0n) is 9.16. The number of amides is 1. The van der Waals surface area contributed by atoms with Crippen molar-refractivity contribution in [3.63, 3.8) is 0 Å². The molecular formula is C10H20N2O3. The van der Waals surface area contributed by atoms with E-state index >= 15 is 0 Å². The topological polar surface area (TPSA) is 92.4 Å². The van der Waals surface area contributed by atoms with E-state index in [0.717, 1.165) is 19.3 Å². The fraction of sp³-hybridized carbons (Fsp3) is 0.800. The van der Waals surface area contributed by atoms with Crippen LogP contribution < -0.4 is 11.1 Å². The van der Waals surface area contributed by atoms with Gasteiger partial charge in [0.05, 0.1) is 0 Å². The standard InChI is InChI=1S/C10H20N2O3/c1-2-5-9(13)12-8(10(14)15)6-3-4-7-11/h8H,2-7,11H2,1H3,(H,12,13)(H,14,15). The van der Waals surface area contributed by atoms with Gasteiger partial charge in [0, 0.05) is 6.42 Å². The highest BCUT2D eigenvalue weighted by Crippen LogP contribution is 2.01. The molecule has 0 aromatic rings.